The third kappa shape index (κ3) is 3.97. The van der Waals surface area contributed by atoms with Crippen molar-refractivity contribution in [3.8, 4) is 0 Å². The Hall–Kier alpha value is -0.0300. The number of rotatable bonds is 4. The van der Waals surface area contributed by atoms with Gasteiger partial charge in [-0.1, -0.05) is 54.9 Å². The van der Waals surface area contributed by atoms with Crippen LogP contribution in [0.25, 0.3) is 0 Å². The molecule has 0 fully saturated rings. The highest BCUT2D eigenvalue weighted by atomic mass is 79.9. The highest BCUT2D eigenvalue weighted by molar-refractivity contribution is 9.09. The van der Waals surface area contributed by atoms with Crippen LogP contribution < -0.4 is 0 Å². The molecule has 1 aliphatic rings. The summed E-state index contributed by atoms with van der Waals surface area (Å²) in [6.07, 6.45) is 4.93. The van der Waals surface area contributed by atoms with Crippen molar-refractivity contribution in [3.63, 3.8) is 0 Å². The molecule has 1 aromatic heterocycles. The predicted molar refractivity (Wildman–Crippen MR) is 85.0 cm³/mol. The lowest BCUT2D eigenvalue weighted by Gasteiger charge is -2.28. The molecule has 1 aliphatic heterocycles. The quantitative estimate of drug-likeness (QED) is 0.606. The highest BCUT2D eigenvalue weighted by Crippen LogP contribution is 2.33. The lowest BCUT2D eigenvalue weighted by atomic mass is 9.83. The Morgan fingerprint density at radius 2 is 2.05 bits per heavy atom. The standard InChI is InChI=1S/C14H24BrN3S/c1-14(2,3)11(9-15)10-19-13-17-16-12-7-5-4-6-8-18(12)13/h11H,4-10H2,1-3H3. The maximum atomic E-state index is 4.39. The Bertz CT molecular complexity index is 411. The molecule has 2 rings (SSSR count). The van der Waals surface area contributed by atoms with Gasteiger partial charge in [0.05, 0.1) is 0 Å². The van der Waals surface area contributed by atoms with Gasteiger partial charge in [-0.05, 0) is 24.2 Å². The third-order valence-electron chi connectivity index (χ3n) is 3.90. The van der Waals surface area contributed by atoms with Gasteiger partial charge in [0.2, 0.25) is 0 Å². The molecular formula is C14H24BrN3S. The van der Waals surface area contributed by atoms with E-state index >= 15 is 0 Å². The van der Waals surface area contributed by atoms with Crippen LogP contribution in [-0.2, 0) is 13.0 Å². The molecular weight excluding hydrogens is 322 g/mol. The SMILES string of the molecule is CC(C)(C)C(CBr)CSc1nnc2n1CCCCC2. The van der Waals surface area contributed by atoms with Crippen LogP contribution >= 0.6 is 27.7 Å². The Kier molecular flexibility index (Phi) is 5.35. The molecule has 0 bridgehead atoms. The first-order valence-corrected chi connectivity index (χ1v) is 9.24. The molecule has 1 atom stereocenters. The van der Waals surface area contributed by atoms with E-state index in [1.54, 1.807) is 0 Å². The summed E-state index contributed by atoms with van der Waals surface area (Å²) in [4.78, 5) is 0. The van der Waals surface area contributed by atoms with Crippen LogP contribution in [0.5, 0.6) is 0 Å². The Labute approximate surface area is 129 Å². The van der Waals surface area contributed by atoms with Crippen LogP contribution in [0.3, 0.4) is 0 Å². The van der Waals surface area contributed by atoms with Gasteiger partial charge >= 0.3 is 0 Å². The van der Waals surface area contributed by atoms with Crippen molar-refractivity contribution >= 4 is 27.7 Å². The maximum Gasteiger partial charge on any atom is 0.191 e. The second-order valence-corrected chi connectivity index (χ2v) is 8.02. The normalized spacial score (nSPS) is 17.9. The molecule has 108 valence electrons. The van der Waals surface area contributed by atoms with E-state index in [1.807, 2.05) is 11.8 Å². The zero-order valence-corrected chi connectivity index (χ0v) is 14.6. The molecule has 0 spiro atoms. The van der Waals surface area contributed by atoms with Gasteiger partial charge in [0.15, 0.2) is 5.16 Å². The summed E-state index contributed by atoms with van der Waals surface area (Å²) in [5.74, 6) is 2.94. The van der Waals surface area contributed by atoms with Crippen LogP contribution in [0.1, 0.15) is 45.9 Å². The van der Waals surface area contributed by atoms with E-state index in [2.05, 4.69) is 51.5 Å². The summed E-state index contributed by atoms with van der Waals surface area (Å²) < 4.78 is 2.34. The van der Waals surface area contributed by atoms with Crippen LogP contribution in [0.4, 0.5) is 0 Å². The molecule has 1 unspecified atom stereocenters. The van der Waals surface area contributed by atoms with Gasteiger partial charge in [-0.2, -0.15) is 0 Å². The first-order chi connectivity index (χ1) is 9.02. The molecule has 1 aromatic rings. The highest BCUT2D eigenvalue weighted by Gasteiger charge is 2.25. The molecule has 5 heteroatoms. The number of fused-ring (bicyclic) bond motifs is 1. The number of halogens is 1. The Balaban J connectivity index is 2.02. The molecule has 19 heavy (non-hydrogen) atoms. The van der Waals surface area contributed by atoms with E-state index in [0.717, 1.165) is 29.2 Å². The smallest absolute Gasteiger partial charge is 0.191 e. The molecule has 0 saturated heterocycles. The molecule has 0 saturated carbocycles. The van der Waals surface area contributed by atoms with Gasteiger partial charge in [-0.15, -0.1) is 10.2 Å². The Morgan fingerprint density at radius 1 is 1.26 bits per heavy atom. The van der Waals surface area contributed by atoms with Crippen molar-refractivity contribution in [2.75, 3.05) is 11.1 Å². The third-order valence-corrected chi connectivity index (χ3v) is 5.81. The average molecular weight is 346 g/mol. The first-order valence-electron chi connectivity index (χ1n) is 7.13. The molecule has 0 amide bonds. The van der Waals surface area contributed by atoms with E-state index in [0.29, 0.717) is 11.3 Å². The molecule has 0 aliphatic carbocycles. The van der Waals surface area contributed by atoms with Crippen LogP contribution in [-0.4, -0.2) is 25.8 Å². The van der Waals surface area contributed by atoms with Crippen molar-refractivity contribution in [3.05, 3.63) is 5.82 Å². The fourth-order valence-electron chi connectivity index (χ4n) is 2.27. The average Bonchev–Trinajstić information content (AvgIpc) is 2.58. The number of alkyl halides is 1. The molecule has 0 radical (unpaired) electrons. The van der Waals surface area contributed by atoms with Crippen molar-refractivity contribution in [1.29, 1.82) is 0 Å². The summed E-state index contributed by atoms with van der Waals surface area (Å²) in [6.45, 7) is 8.02. The summed E-state index contributed by atoms with van der Waals surface area (Å²) in [6, 6.07) is 0. The molecule has 2 heterocycles. The number of hydrogen-bond acceptors (Lipinski definition) is 3. The van der Waals surface area contributed by atoms with Crippen molar-refractivity contribution in [1.82, 2.24) is 14.8 Å². The number of hydrogen-bond donors (Lipinski definition) is 0. The lowest BCUT2D eigenvalue weighted by molar-refractivity contribution is 0.295. The predicted octanol–water partition coefficient (Wildman–Crippen LogP) is 4.15. The fraction of sp³-hybridized carbons (Fsp3) is 0.857. The minimum atomic E-state index is 0.331. The minimum Gasteiger partial charge on any atom is -0.306 e. The molecule has 0 aromatic carbocycles. The summed E-state index contributed by atoms with van der Waals surface area (Å²) in [5, 5.41) is 10.9. The summed E-state index contributed by atoms with van der Waals surface area (Å²) in [5.41, 5.74) is 0.331. The monoisotopic (exact) mass is 345 g/mol. The number of thioether (sulfide) groups is 1. The van der Waals surface area contributed by atoms with Gasteiger partial charge in [0.25, 0.3) is 0 Å². The van der Waals surface area contributed by atoms with Crippen molar-refractivity contribution < 1.29 is 0 Å². The maximum absolute atomic E-state index is 4.39. The zero-order valence-electron chi connectivity index (χ0n) is 12.2. The second-order valence-electron chi connectivity index (χ2n) is 6.39. The number of aromatic nitrogens is 3. The Morgan fingerprint density at radius 3 is 2.74 bits per heavy atom. The van der Waals surface area contributed by atoms with Crippen LogP contribution in [0, 0.1) is 11.3 Å². The van der Waals surface area contributed by atoms with E-state index < -0.39 is 0 Å². The fourth-order valence-corrected chi connectivity index (χ4v) is 5.19. The lowest BCUT2D eigenvalue weighted by Crippen LogP contribution is -2.24. The summed E-state index contributed by atoms with van der Waals surface area (Å²) in [7, 11) is 0. The van der Waals surface area contributed by atoms with E-state index in [9.17, 15) is 0 Å². The minimum absolute atomic E-state index is 0.331. The molecule has 3 nitrogen and oxygen atoms in total. The second kappa shape index (κ2) is 6.61. The van der Waals surface area contributed by atoms with Gasteiger partial charge in [-0.3, -0.25) is 0 Å². The summed E-state index contributed by atoms with van der Waals surface area (Å²) >= 11 is 5.52. The van der Waals surface area contributed by atoms with Crippen LogP contribution in [0.2, 0.25) is 0 Å². The van der Waals surface area contributed by atoms with Crippen molar-refractivity contribution in [2.45, 2.75) is 58.2 Å². The van der Waals surface area contributed by atoms with Crippen molar-refractivity contribution in [2.24, 2.45) is 11.3 Å². The van der Waals surface area contributed by atoms with Gasteiger partial charge in [-0.25, -0.2) is 0 Å². The molecule has 0 N–H and O–H groups in total. The van der Waals surface area contributed by atoms with Gasteiger partial charge < -0.3 is 4.57 Å². The number of nitrogens with zero attached hydrogens (tertiary/aromatic N) is 3. The van der Waals surface area contributed by atoms with Gasteiger partial charge in [0, 0.05) is 24.0 Å². The van der Waals surface area contributed by atoms with E-state index in [4.69, 9.17) is 0 Å². The van der Waals surface area contributed by atoms with Crippen LogP contribution in [0.15, 0.2) is 5.16 Å². The van der Waals surface area contributed by atoms with E-state index in [1.165, 1.54) is 25.1 Å². The zero-order chi connectivity index (χ0) is 13.9. The topological polar surface area (TPSA) is 30.7 Å². The van der Waals surface area contributed by atoms with Gasteiger partial charge in [0.1, 0.15) is 5.82 Å². The number of aryl methyl sites for hydroxylation is 1. The first kappa shape index (κ1) is 15.4. The van der Waals surface area contributed by atoms with E-state index in [-0.39, 0.29) is 0 Å². The largest absolute Gasteiger partial charge is 0.306 e.